The largest absolute Gasteiger partial charge is 0.491 e. The molecule has 106 valence electrons. The molecule has 0 unspecified atom stereocenters. The number of carbonyl (C=O) groups is 1. The van der Waals surface area contributed by atoms with Crippen LogP contribution in [-0.2, 0) is 4.74 Å². The maximum Gasteiger partial charge on any atom is 0.251 e. The van der Waals surface area contributed by atoms with E-state index in [1.165, 1.54) is 0 Å². The van der Waals surface area contributed by atoms with Crippen molar-refractivity contribution >= 4 is 21.8 Å². The molecule has 1 N–H and O–H groups in total. The fourth-order valence-corrected chi connectivity index (χ4v) is 1.71. The molecule has 0 fully saturated rings. The Labute approximate surface area is 122 Å². The summed E-state index contributed by atoms with van der Waals surface area (Å²) >= 11 is 3.27. The van der Waals surface area contributed by atoms with Gasteiger partial charge in [-0.05, 0) is 32.0 Å². The first-order valence-electron chi connectivity index (χ1n) is 6.32. The lowest BCUT2D eigenvalue weighted by Gasteiger charge is -2.11. The van der Waals surface area contributed by atoms with Crippen molar-refractivity contribution in [1.29, 1.82) is 0 Å². The number of carbonyl (C=O) groups excluding carboxylic acids is 1. The van der Waals surface area contributed by atoms with Crippen molar-refractivity contribution in [3.63, 3.8) is 0 Å². The molecule has 1 amide bonds. The second-order valence-electron chi connectivity index (χ2n) is 4.25. The second-order valence-corrected chi connectivity index (χ2v) is 5.04. The summed E-state index contributed by atoms with van der Waals surface area (Å²) in [6.45, 7) is 5.57. The topological polar surface area (TPSA) is 47.6 Å². The minimum atomic E-state index is -0.114. The average molecular weight is 330 g/mol. The number of hydrogen-bond donors (Lipinski definition) is 1. The molecule has 0 radical (unpaired) electrons. The molecule has 0 aliphatic rings. The second kappa shape index (κ2) is 8.93. The minimum Gasteiger partial charge on any atom is -0.491 e. The molecular formula is C14H20BrNO3. The summed E-state index contributed by atoms with van der Waals surface area (Å²) in [5.41, 5.74) is 0.596. The lowest BCUT2D eigenvalue weighted by Crippen LogP contribution is -2.27. The molecule has 0 spiro atoms. The van der Waals surface area contributed by atoms with Crippen LogP contribution in [-0.4, -0.2) is 37.1 Å². The summed E-state index contributed by atoms with van der Waals surface area (Å²) in [5.74, 6) is 0.592. The SMILES string of the molecule is CC(C)Oc1cccc(C(=O)NCCOCCBr)c1. The molecule has 4 nitrogen and oxygen atoms in total. The van der Waals surface area contributed by atoms with Crippen molar-refractivity contribution < 1.29 is 14.3 Å². The average Bonchev–Trinajstić information content (AvgIpc) is 2.38. The predicted octanol–water partition coefficient (Wildman–Crippen LogP) is 2.62. The number of benzene rings is 1. The van der Waals surface area contributed by atoms with Crippen LogP contribution < -0.4 is 10.1 Å². The van der Waals surface area contributed by atoms with Gasteiger partial charge in [-0.2, -0.15) is 0 Å². The van der Waals surface area contributed by atoms with Gasteiger partial charge in [-0.15, -0.1) is 0 Å². The van der Waals surface area contributed by atoms with Gasteiger partial charge in [0.15, 0.2) is 0 Å². The van der Waals surface area contributed by atoms with Gasteiger partial charge in [-0.3, -0.25) is 4.79 Å². The molecule has 0 heterocycles. The summed E-state index contributed by atoms with van der Waals surface area (Å²) < 4.78 is 10.8. The third-order valence-corrected chi connectivity index (χ3v) is 2.55. The highest BCUT2D eigenvalue weighted by atomic mass is 79.9. The Balaban J connectivity index is 2.43. The number of alkyl halides is 1. The monoisotopic (exact) mass is 329 g/mol. The molecule has 19 heavy (non-hydrogen) atoms. The Kier molecular flexibility index (Phi) is 7.52. The first-order valence-corrected chi connectivity index (χ1v) is 7.44. The van der Waals surface area contributed by atoms with Crippen molar-refractivity contribution in [2.75, 3.05) is 25.1 Å². The lowest BCUT2D eigenvalue weighted by atomic mass is 10.2. The Morgan fingerprint density at radius 1 is 1.37 bits per heavy atom. The van der Waals surface area contributed by atoms with Crippen molar-refractivity contribution in [1.82, 2.24) is 5.32 Å². The van der Waals surface area contributed by atoms with E-state index < -0.39 is 0 Å². The number of hydrogen-bond acceptors (Lipinski definition) is 3. The molecule has 0 saturated carbocycles. The zero-order chi connectivity index (χ0) is 14.1. The first kappa shape index (κ1) is 16.0. The van der Waals surface area contributed by atoms with Gasteiger partial charge in [0.2, 0.25) is 0 Å². The number of nitrogens with one attached hydrogen (secondary N) is 1. The van der Waals surface area contributed by atoms with Crippen molar-refractivity contribution in [3.05, 3.63) is 29.8 Å². The van der Waals surface area contributed by atoms with Crippen LogP contribution >= 0.6 is 15.9 Å². The van der Waals surface area contributed by atoms with Crippen LogP contribution in [0.25, 0.3) is 0 Å². The van der Waals surface area contributed by atoms with Gasteiger partial charge in [-0.25, -0.2) is 0 Å². The smallest absolute Gasteiger partial charge is 0.251 e. The van der Waals surface area contributed by atoms with E-state index in [0.29, 0.717) is 31.1 Å². The summed E-state index contributed by atoms with van der Waals surface area (Å²) in [6.07, 6.45) is 0.0935. The molecule has 0 bridgehead atoms. The van der Waals surface area contributed by atoms with E-state index in [2.05, 4.69) is 21.2 Å². The summed E-state index contributed by atoms with van der Waals surface area (Å²) in [6, 6.07) is 7.17. The third kappa shape index (κ3) is 6.59. The van der Waals surface area contributed by atoms with Gasteiger partial charge >= 0.3 is 0 Å². The van der Waals surface area contributed by atoms with Crippen molar-refractivity contribution in [3.8, 4) is 5.75 Å². The third-order valence-electron chi connectivity index (χ3n) is 2.22. The van der Waals surface area contributed by atoms with Crippen LogP contribution in [0.1, 0.15) is 24.2 Å². The lowest BCUT2D eigenvalue weighted by molar-refractivity contribution is 0.0923. The van der Waals surface area contributed by atoms with Gasteiger partial charge in [-0.1, -0.05) is 22.0 Å². The zero-order valence-corrected chi connectivity index (χ0v) is 12.9. The van der Waals surface area contributed by atoms with Gasteiger partial charge in [0, 0.05) is 17.4 Å². The van der Waals surface area contributed by atoms with Gasteiger partial charge in [0.25, 0.3) is 5.91 Å². The molecule has 0 aliphatic carbocycles. The van der Waals surface area contributed by atoms with Gasteiger partial charge in [0.05, 0.1) is 19.3 Å². The maximum atomic E-state index is 11.9. The highest BCUT2D eigenvalue weighted by Gasteiger charge is 2.06. The number of amides is 1. The molecule has 0 atom stereocenters. The van der Waals surface area contributed by atoms with Gasteiger partial charge < -0.3 is 14.8 Å². The Hall–Kier alpha value is -1.07. The zero-order valence-electron chi connectivity index (χ0n) is 11.3. The highest BCUT2D eigenvalue weighted by molar-refractivity contribution is 9.09. The van der Waals surface area contributed by atoms with Crippen molar-refractivity contribution in [2.24, 2.45) is 0 Å². The number of rotatable bonds is 8. The van der Waals surface area contributed by atoms with E-state index in [1.54, 1.807) is 12.1 Å². The van der Waals surface area contributed by atoms with Crippen LogP contribution in [0.3, 0.4) is 0 Å². The standard InChI is InChI=1S/C14H20BrNO3/c1-11(2)19-13-5-3-4-12(10-13)14(17)16-7-9-18-8-6-15/h3-5,10-11H,6-9H2,1-2H3,(H,16,17). The fourth-order valence-electron chi connectivity index (χ4n) is 1.48. The summed E-state index contributed by atoms with van der Waals surface area (Å²) in [4.78, 5) is 11.9. The number of ether oxygens (including phenoxy) is 2. The summed E-state index contributed by atoms with van der Waals surface area (Å²) in [7, 11) is 0. The molecule has 0 aliphatic heterocycles. The van der Waals surface area contributed by atoms with E-state index in [-0.39, 0.29) is 12.0 Å². The molecule has 0 saturated heterocycles. The Bertz CT molecular complexity index is 396. The van der Waals surface area contributed by atoms with Crippen LogP contribution in [0.5, 0.6) is 5.75 Å². The van der Waals surface area contributed by atoms with Crippen LogP contribution in [0, 0.1) is 0 Å². The van der Waals surface area contributed by atoms with Crippen LogP contribution in [0.15, 0.2) is 24.3 Å². The fraction of sp³-hybridized carbons (Fsp3) is 0.500. The molecule has 0 aromatic heterocycles. The van der Waals surface area contributed by atoms with E-state index in [9.17, 15) is 4.79 Å². The highest BCUT2D eigenvalue weighted by Crippen LogP contribution is 2.14. The van der Waals surface area contributed by atoms with Crippen molar-refractivity contribution in [2.45, 2.75) is 20.0 Å². The molecule has 5 heteroatoms. The summed E-state index contributed by atoms with van der Waals surface area (Å²) in [5, 5.41) is 3.60. The van der Waals surface area contributed by atoms with Crippen LogP contribution in [0.4, 0.5) is 0 Å². The minimum absolute atomic E-state index is 0.0935. The quantitative estimate of drug-likeness (QED) is 0.589. The molecule has 1 rings (SSSR count). The first-order chi connectivity index (χ1) is 9.13. The molecule has 1 aromatic carbocycles. The van der Waals surface area contributed by atoms with E-state index >= 15 is 0 Å². The van der Waals surface area contributed by atoms with Crippen LogP contribution in [0.2, 0.25) is 0 Å². The molecular weight excluding hydrogens is 310 g/mol. The molecule has 1 aromatic rings. The van der Waals surface area contributed by atoms with E-state index in [1.807, 2.05) is 26.0 Å². The van der Waals surface area contributed by atoms with E-state index in [4.69, 9.17) is 9.47 Å². The number of halogens is 1. The van der Waals surface area contributed by atoms with E-state index in [0.717, 1.165) is 5.33 Å². The normalized spacial score (nSPS) is 10.5. The Morgan fingerprint density at radius 2 is 2.16 bits per heavy atom. The maximum absolute atomic E-state index is 11.9. The Morgan fingerprint density at radius 3 is 2.84 bits per heavy atom. The van der Waals surface area contributed by atoms with Gasteiger partial charge in [0.1, 0.15) is 5.75 Å². The predicted molar refractivity (Wildman–Crippen MR) is 79.2 cm³/mol.